The van der Waals surface area contributed by atoms with Crippen molar-refractivity contribution in [2.24, 2.45) is 0 Å². The summed E-state index contributed by atoms with van der Waals surface area (Å²) in [6.45, 7) is 4.16. The lowest BCUT2D eigenvalue weighted by Crippen LogP contribution is -2.48. The molecule has 2 amide bonds. The summed E-state index contributed by atoms with van der Waals surface area (Å²) in [6, 6.07) is 16.9. The number of aromatic nitrogens is 1. The number of likely N-dealkylation sites (N-methyl/N-ethyl adjacent to an activating group) is 1. The number of nitrogens with zero attached hydrogens (tertiary/aromatic N) is 5. The molecule has 1 saturated heterocycles. The number of carbonyl (C=O) groups is 2. The van der Waals surface area contributed by atoms with Crippen LogP contribution in [0.15, 0.2) is 48.5 Å². The third kappa shape index (κ3) is 4.68. The van der Waals surface area contributed by atoms with E-state index in [9.17, 15) is 9.59 Å². The Morgan fingerprint density at radius 3 is 2.49 bits per heavy atom. The number of rotatable bonds is 4. The first-order valence-corrected chi connectivity index (χ1v) is 11.9. The Hall–Kier alpha value is -3.96. The number of pyridine rings is 1. The van der Waals surface area contributed by atoms with Crippen LogP contribution in [0.3, 0.4) is 0 Å². The monoisotopic (exact) mass is 468 g/mol. The number of amides is 2. The Kier molecular flexibility index (Phi) is 6.34. The molecule has 8 heteroatoms. The van der Waals surface area contributed by atoms with Crippen LogP contribution in [-0.2, 0) is 17.8 Å². The van der Waals surface area contributed by atoms with Gasteiger partial charge in [0.15, 0.2) is 0 Å². The summed E-state index contributed by atoms with van der Waals surface area (Å²) in [5.74, 6) is -0.0101. The molecule has 0 aliphatic carbocycles. The zero-order chi connectivity index (χ0) is 24.4. The van der Waals surface area contributed by atoms with E-state index >= 15 is 0 Å². The summed E-state index contributed by atoms with van der Waals surface area (Å²) in [6.07, 6.45) is 0.617. The van der Waals surface area contributed by atoms with Crippen molar-refractivity contribution >= 4 is 28.4 Å². The van der Waals surface area contributed by atoms with E-state index in [1.165, 1.54) is 0 Å². The summed E-state index contributed by atoms with van der Waals surface area (Å²) >= 11 is 0. The van der Waals surface area contributed by atoms with Gasteiger partial charge in [0, 0.05) is 68.0 Å². The minimum atomic E-state index is -0.0360. The highest BCUT2D eigenvalue weighted by Gasteiger charge is 2.30. The lowest BCUT2D eigenvalue weighted by molar-refractivity contribution is -0.130. The van der Waals surface area contributed by atoms with Crippen LogP contribution in [0.5, 0.6) is 0 Å². The summed E-state index contributed by atoms with van der Waals surface area (Å²) in [7, 11) is 2.07. The van der Waals surface area contributed by atoms with E-state index in [2.05, 4.69) is 23.3 Å². The number of hydrogen-bond donors (Lipinski definition) is 1. The molecule has 2 aliphatic rings. The van der Waals surface area contributed by atoms with Crippen molar-refractivity contribution in [2.75, 3.05) is 51.6 Å². The second-order valence-electron chi connectivity index (χ2n) is 9.13. The quantitative estimate of drug-likeness (QED) is 0.633. The first kappa shape index (κ1) is 22.8. The predicted octanol–water partition coefficient (Wildman–Crippen LogP) is 2.49. The summed E-state index contributed by atoms with van der Waals surface area (Å²) in [5, 5.41) is 12.9. The molecule has 1 N–H and O–H groups in total. The van der Waals surface area contributed by atoms with Crippen LogP contribution >= 0.6 is 0 Å². The zero-order valence-electron chi connectivity index (χ0n) is 19.8. The normalized spacial score (nSPS) is 16.0. The van der Waals surface area contributed by atoms with Crippen molar-refractivity contribution < 1.29 is 9.59 Å². The Morgan fingerprint density at radius 1 is 1.00 bits per heavy atom. The molecule has 5 rings (SSSR count). The van der Waals surface area contributed by atoms with Crippen molar-refractivity contribution in [1.82, 2.24) is 19.7 Å². The molecule has 0 bridgehead atoms. The molecular formula is C27H28N6O2. The summed E-state index contributed by atoms with van der Waals surface area (Å²) in [4.78, 5) is 37.7. The van der Waals surface area contributed by atoms with Gasteiger partial charge in [0.2, 0.25) is 5.91 Å². The van der Waals surface area contributed by atoms with Crippen molar-refractivity contribution in [1.29, 1.82) is 5.26 Å². The first-order valence-electron chi connectivity index (χ1n) is 11.9. The molecular weight excluding hydrogens is 440 g/mol. The van der Waals surface area contributed by atoms with Gasteiger partial charge in [-0.2, -0.15) is 5.26 Å². The summed E-state index contributed by atoms with van der Waals surface area (Å²) in [5.41, 5.74) is 4.65. The standard InChI is InChI=1S/C27H28N6O2/c1-31-12-14-32(15-13-31)27(35)26-21-4-2-3-5-23(21)30-24-10-11-33(18-22(24)26)25(34)17-29-20-8-6-19(16-28)7-9-20/h2-9,29H,10-15,17-18H2,1H3. The fourth-order valence-corrected chi connectivity index (χ4v) is 4.77. The van der Waals surface area contributed by atoms with E-state index in [-0.39, 0.29) is 18.4 Å². The van der Waals surface area contributed by atoms with Gasteiger partial charge in [-0.25, -0.2) is 0 Å². The van der Waals surface area contributed by atoms with Crippen LogP contribution in [0.2, 0.25) is 0 Å². The first-order chi connectivity index (χ1) is 17.0. The third-order valence-electron chi connectivity index (χ3n) is 6.86. The maximum absolute atomic E-state index is 13.8. The van der Waals surface area contributed by atoms with E-state index in [4.69, 9.17) is 10.2 Å². The van der Waals surface area contributed by atoms with Gasteiger partial charge in [-0.05, 0) is 37.4 Å². The number of hydrogen-bond acceptors (Lipinski definition) is 6. The number of para-hydroxylation sites is 1. The Balaban J connectivity index is 1.39. The van der Waals surface area contributed by atoms with Crippen LogP contribution < -0.4 is 5.32 Å². The zero-order valence-corrected chi connectivity index (χ0v) is 19.8. The average Bonchev–Trinajstić information content (AvgIpc) is 2.90. The molecule has 2 aromatic carbocycles. The summed E-state index contributed by atoms with van der Waals surface area (Å²) < 4.78 is 0. The van der Waals surface area contributed by atoms with E-state index in [0.717, 1.165) is 40.9 Å². The molecule has 2 aliphatic heterocycles. The minimum absolute atomic E-state index is 0.0259. The molecule has 0 spiro atoms. The molecule has 3 aromatic rings. The molecule has 1 fully saturated rings. The topological polar surface area (TPSA) is 92.6 Å². The van der Waals surface area contributed by atoms with Crippen LogP contribution in [-0.4, -0.2) is 77.8 Å². The van der Waals surface area contributed by atoms with Gasteiger partial charge in [-0.1, -0.05) is 18.2 Å². The van der Waals surface area contributed by atoms with Gasteiger partial charge < -0.3 is 20.0 Å². The van der Waals surface area contributed by atoms with Gasteiger partial charge in [0.25, 0.3) is 5.91 Å². The van der Waals surface area contributed by atoms with E-state index < -0.39 is 0 Å². The smallest absolute Gasteiger partial charge is 0.255 e. The molecule has 3 heterocycles. The van der Waals surface area contributed by atoms with Gasteiger partial charge in [0.1, 0.15) is 0 Å². The van der Waals surface area contributed by atoms with Crippen molar-refractivity contribution in [3.63, 3.8) is 0 Å². The van der Waals surface area contributed by atoms with Crippen LogP contribution in [0.25, 0.3) is 10.9 Å². The molecule has 8 nitrogen and oxygen atoms in total. The maximum atomic E-state index is 13.8. The molecule has 0 unspecified atom stereocenters. The average molecular weight is 469 g/mol. The maximum Gasteiger partial charge on any atom is 0.255 e. The van der Waals surface area contributed by atoms with Gasteiger partial charge in [0.05, 0.1) is 29.3 Å². The number of carbonyl (C=O) groups excluding carboxylic acids is 2. The van der Waals surface area contributed by atoms with Crippen LogP contribution in [0.4, 0.5) is 5.69 Å². The highest BCUT2D eigenvalue weighted by Crippen LogP contribution is 2.29. The van der Waals surface area contributed by atoms with Gasteiger partial charge in [-0.15, -0.1) is 0 Å². The number of benzene rings is 2. The molecule has 35 heavy (non-hydrogen) atoms. The Labute approximate surface area is 204 Å². The molecule has 1 aromatic heterocycles. The predicted molar refractivity (Wildman–Crippen MR) is 134 cm³/mol. The van der Waals surface area contributed by atoms with E-state index in [1.807, 2.05) is 29.2 Å². The lowest BCUT2D eigenvalue weighted by Gasteiger charge is -2.35. The third-order valence-corrected chi connectivity index (χ3v) is 6.86. The highest BCUT2D eigenvalue weighted by atomic mass is 16.2. The Morgan fingerprint density at radius 2 is 1.74 bits per heavy atom. The number of piperazine rings is 1. The second kappa shape index (κ2) is 9.72. The van der Waals surface area contributed by atoms with E-state index in [1.54, 1.807) is 29.2 Å². The minimum Gasteiger partial charge on any atom is -0.376 e. The second-order valence-corrected chi connectivity index (χ2v) is 9.13. The fraction of sp³-hybridized carbons (Fsp3) is 0.333. The van der Waals surface area contributed by atoms with Crippen LogP contribution in [0.1, 0.15) is 27.2 Å². The number of nitriles is 1. The van der Waals surface area contributed by atoms with E-state index in [0.29, 0.717) is 43.7 Å². The number of nitrogens with one attached hydrogen (secondary N) is 1. The van der Waals surface area contributed by atoms with Crippen molar-refractivity contribution in [3.8, 4) is 6.07 Å². The fourth-order valence-electron chi connectivity index (χ4n) is 4.77. The largest absolute Gasteiger partial charge is 0.376 e. The Bertz CT molecular complexity index is 1310. The SMILES string of the molecule is CN1CCN(C(=O)c2c3c(nc4ccccc24)CCN(C(=O)CNc2ccc(C#N)cc2)C3)CC1. The van der Waals surface area contributed by atoms with Crippen molar-refractivity contribution in [2.45, 2.75) is 13.0 Å². The molecule has 0 atom stereocenters. The van der Waals surface area contributed by atoms with Gasteiger partial charge in [-0.3, -0.25) is 14.6 Å². The lowest BCUT2D eigenvalue weighted by atomic mass is 9.94. The van der Waals surface area contributed by atoms with Crippen LogP contribution in [0, 0.1) is 11.3 Å². The highest BCUT2D eigenvalue weighted by molar-refractivity contribution is 6.08. The molecule has 0 radical (unpaired) electrons. The molecule has 0 saturated carbocycles. The molecule has 178 valence electrons. The number of fused-ring (bicyclic) bond motifs is 2. The number of anilines is 1. The van der Waals surface area contributed by atoms with Gasteiger partial charge >= 0.3 is 0 Å². The van der Waals surface area contributed by atoms with Crippen molar-refractivity contribution in [3.05, 3.63) is 70.9 Å².